The molecule has 29 heavy (non-hydrogen) atoms. The van der Waals surface area contributed by atoms with Crippen LogP contribution >= 0.6 is 0 Å². The van der Waals surface area contributed by atoms with Crippen LogP contribution in [0.2, 0.25) is 0 Å². The highest BCUT2D eigenvalue weighted by Gasteiger charge is 2.34. The minimum Gasteiger partial charge on any atom is -0.356 e. The molecule has 0 aromatic heterocycles. The average molecular weight is 390 g/mol. The van der Waals surface area contributed by atoms with Crippen LogP contribution < -0.4 is 5.32 Å². The van der Waals surface area contributed by atoms with E-state index in [2.05, 4.69) is 39.5 Å². The van der Waals surface area contributed by atoms with E-state index in [0.717, 1.165) is 44.9 Å². The van der Waals surface area contributed by atoms with E-state index < -0.39 is 0 Å². The summed E-state index contributed by atoms with van der Waals surface area (Å²) in [5.41, 5.74) is 3.80. The summed E-state index contributed by atoms with van der Waals surface area (Å²) >= 11 is 0. The van der Waals surface area contributed by atoms with Gasteiger partial charge in [0.05, 0.1) is 11.1 Å². The van der Waals surface area contributed by atoms with E-state index in [-0.39, 0.29) is 11.8 Å². The summed E-state index contributed by atoms with van der Waals surface area (Å²) in [6, 6.07) is 15.6. The Morgan fingerprint density at radius 3 is 2.31 bits per heavy atom. The fourth-order valence-corrected chi connectivity index (χ4v) is 4.05. The zero-order valence-electron chi connectivity index (χ0n) is 16.7. The van der Waals surface area contributed by atoms with Crippen molar-refractivity contribution < 1.29 is 9.59 Å². The molecule has 2 aliphatic heterocycles. The van der Waals surface area contributed by atoms with Crippen molar-refractivity contribution >= 4 is 17.8 Å². The highest BCUT2D eigenvalue weighted by atomic mass is 16.2. The molecule has 2 aliphatic rings. The Morgan fingerprint density at radius 2 is 1.62 bits per heavy atom. The van der Waals surface area contributed by atoms with Crippen LogP contribution in [0.3, 0.4) is 0 Å². The third kappa shape index (κ3) is 3.88. The van der Waals surface area contributed by atoms with E-state index in [1.807, 2.05) is 7.05 Å². The highest BCUT2D eigenvalue weighted by molar-refractivity contribution is 6.21. The van der Waals surface area contributed by atoms with Gasteiger partial charge < -0.3 is 10.2 Å². The molecule has 0 radical (unpaired) electrons. The van der Waals surface area contributed by atoms with Crippen molar-refractivity contribution in [2.24, 2.45) is 4.99 Å². The van der Waals surface area contributed by atoms with Crippen molar-refractivity contribution in [3.05, 3.63) is 70.8 Å². The number of benzene rings is 2. The van der Waals surface area contributed by atoms with Gasteiger partial charge in [0.15, 0.2) is 5.96 Å². The first-order chi connectivity index (χ1) is 14.2. The summed E-state index contributed by atoms with van der Waals surface area (Å²) in [7, 11) is 1.81. The van der Waals surface area contributed by atoms with Gasteiger partial charge in [0.25, 0.3) is 11.8 Å². The number of hydrogen-bond acceptors (Lipinski definition) is 3. The Morgan fingerprint density at radius 1 is 0.966 bits per heavy atom. The number of amides is 2. The lowest BCUT2D eigenvalue weighted by Crippen LogP contribution is -2.44. The van der Waals surface area contributed by atoms with E-state index in [9.17, 15) is 9.59 Å². The van der Waals surface area contributed by atoms with Gasteiger partial charge in [-0.2, -0.15) is 0 Å². The number of imide groups is 1. The Balaban J connectivity index is 1.24. The summed E-state index contributed by atoms with van der Waals surface area (Å²) < 4.78 is 0. The molecule has 0 atom stereocenters. The van der Waals surface area contributed by atoms with Gasteiger partial charge in [-0.3, -0.25) is 19.5 Å². The van der Waals surface area contributed by atoms with Crippen LogP contribution in [-0.2, 0) is 13.0 Å². The SMILES string of the molecule is CN=C(NCCCCN1C(=O)c2ccccc2C1=O)N1CCc2ccccc2C1. The number of aliphatic imine (C=N–C) groups is 1. The maximum absolute atomic E-state index is 12.4. The van der Waals surface area contributed by atoms with Crippen molar-refractivity contribution in [2.75, 3.05) is 26.7 Å². The molecule has 0 unspecified atom stereocenters. The van der Waals surface area contributed by atoms with Crippen molar-refractivity contribution in [1.82, 2.24) is 15.1 Å². The van der Waals surface area contributed by atoms with Crippen LogP contribution in [-0.4, -0.2) is 54.3 Å². The van der Waals surface area contributed by atoms with E-state index in [1.54, 1.807) is 24.3 Å². The Hall–Kier alpha value is -3.15. The molecule has 0 aliphatic carbocycles. The van der Waals surface area contributed by atoms with Gasteiger partial charge in [0.2, 0.25) is 0 Å². The minimum atomic E-state index is -0.179. The molecule has 150 valence electrons. The number of nitrogens with zero attached hydrogens (tertiary/aromatic N) is 3. The maximum atomic E-state index is 12.4. The Labute approximate surface area is 171 Å². The molecule has 0 fully saturated rings. The molecule has 2 aromatic carbocycles. The van der Waals surface area contributed by atoms with Gasteiger partial charge in [-0.25, -0.2) is 0 Å². The van der Waals surface area contributed by atoms with Crippen LogP contribution in [0.5, 0.6) is 0 Å². The summed E-state index contributed by atoms with van der Waals surface area (Å²) in [5.74, 6) is 0.544. The zero-order chi connectivity index (χ0) is 20.2. The molecule has 0 saturated carbocycles. The van der Waals surface area contributed by atoms with Gasteiger partial charge in [-0.1, -0.05) is 36.4 Å². The van der Waals surface area contributed by atoms with Crippen LogP contribution in [0.15, 0.2) is 53.5 Å². The quantitative estimate of drug-likeness (QED) is 0.369. The first-order valence-electron chi connectivity index (χ1n) is 10.2. The number of carbonyl (C=O) groups excluding carboxylic acids is 2. The first-order valence-corrected chi connectivity index (χ1v) is 10.2. The largest absolute Gasteiger partial charge is 0.356 e. The molecule has 6 nitrogen and oxygen atoms in total. The zero-order valence-corrected chi connectivity index (χ0v) is 16.7. The summed E-state index contributed by atoms with van der Waals surface area (Å²) in [5, 5.41) is 3.42. The predicted molar refractivity (Wildman–Crippen MR) is 113 cm³/mol. The van der Waals surface area contributed by atoms with Gasteiger partial charge in [-0.05, 0) is 42.5 Å². The van der Waals surface area contributed by atoms with Crippen LogP contribution in [0.25, 0.3) is 0 Å². The number of hydrogen-bond donors (Lipinski definition) is 1. The molecule has 2 heterocycles. The normalized spacial score (nSPS) is 16.1. The molecule has 0 bridgehead atoms. The van der Waals surface area contributed by atoms with Crippen molar-refractivity contribution in [3.8, 4) is 0 Å². The summed E-state index contributed by atoms with van der Waals surface area (Å²) in [6.45, 7) is 3.02. The van der Waals surface area contributed by atoms with E-state index in [4.69, 9.17) is 0 Å². The van der Waals surface area contributed by atoms with E-state index in [0.29, 0.717) is 17.7 Å². The molecular formula is C23H26N4O2. The number of guanidine groups is 1. The Bertz CT molecular complexity index is 918. The molecule has 6 heteroatoms. The standard InChI is InChI=1S/C23H26N4O2/c1-24-23(26-15-12-17-8-2-3-9-18(17)16-26)25-13-6-7-14-27-21(28)19-10-4-5-11-20(19)22(27)29/h2-5,8-11H,6-7,12-16H2,1H3,(H,24,25). The molecule has 0 saturated heterocycles. The van der Waals surface area contributed by atoms with E-state index >= 15 is 0 Å². The van der Waals surface area contributed by atoms with Crippen molar-refractivity contribution in [2.45, 2.75) is 25.8 Å². The summed E-state index contributed by atoms with van der Waals surface area (Å²) in [4.78, 5) is 32.8. The monoisotopic (exact) mass is 390 g/mol. The van der Waals surface area contributed by atoms with Gasteiger partial charge in [0.1, 0.15) is 0 Å². The van der Waals surface area contributed by atoms with Crippen LogP contribution in [0.4, 0.5) is 0 Å². The number of carbonyl (C=O) groups is 2. The second-order valence-corrected chi connectivity index (χ2v) is 7.43. The number of rotatable bonds is 5. The van der Waals surface area contributed by atoms with E-state index in [1.165, 1.54) is 16.0 Å². The third-order valence-electron chi connectivity index (χ3n) is 5.61. The molecule has 1 N–H and O–H groups in total. The summed E-state index contributed by atoms with van der Waals surface area (Å²) in [6.07, 6.45) is 2.64. The molecule has 0 spiro atoms. The number of nitrogens with one attached hydrogen (secondary N) is 1. The van der Waals surface area contributed by atoms with Crippen molar-refractivity contribution in [1.29, 1.82) is 0 Å². The molecular weight excluding hydrogens is 364 g/mol. The average Bonchev–Trinajstić information content (AvgIpc) is 3.01. The lowest BCUT2D eigenvalue weighted by molar-refractivity contribution is 0.0652. The lowest BCUT2D eigenvalue weighted by atomic mass is 10.0. The van der Waals surface area contributed by atoms with Crippen LogP contribution in [0, 0.1) is 0 Å². The molecule has 2 amide bonds. The fourth-order valence-electron chi connectivity index (χ4n) is 4.05. The van der Waals surface area contributed by atoms with Crippen molar-refractivity contribution in [3.63, 3.8) is 0 Å². The highest BCUT2D eigenvalue weighted by Crippen LogP contribution is 2.22. The Kier molecular flexibility index (Phi) is 5.60. The maximum Gasteiger partial charge on any atom is 0.261 e. The lowest BCUT2D eigenvalue weighted by Gasteiger charge is -2.31. The molecule has 4 rings (SSSR count). The number of unbranched alkanes of at least 4 members (excludes halogenated alkanes) is 1. The predicted octanol–water partition coefficient (Wildman–Crippen LogP) is 2.70. The second-order valence-electron chi connectivity index (χ2n) is 7.43. The third-order valence-corrected chi connectivity index (χ3v) is 5.61. The first kappa shape index (κ1) is 19.2. The minimum absolute atomic E-state index is 0.179. The smallest absolute Gasteiger partial charge is 0.261 e. The second kappa shape index (κ2) is 8.47. The van der Waals surface area contributed by atoms with Gasteiger partial charge >= 0.3 is 0 Å². The topological polar surface area (TPSA) is 65.0 Å². The van der Waals surface area contributed by atoms with Gasteiger partial charge in [-0.15, -0.1) is 0 Å². The number of fused-ring (bicyclic) bond motifs is 2. The molecule has 2 aromatic rings. The fraction of sp³-hybridized carbons (Fsp3) is 0.348. The van der Waals surface area contributed by atoms with Gasteiger partial charge in [0, 0.05) is 33.2 Å². The van der Waals surface area contributed by atoms with Crippen LogP contribution in [0.1, 0.15) is 44.7 Å².